The van der Waals surface area contributed by atoms with E-state index in [1.54, 1.807) is 6.08 Å². The molecule has 80 valence electrons. The summed E-state index contributed by atoms with van der Waals surface area (Å²) >= 11 is 0. The topological polar surface area (TPSA) is 0 Å². The third-order valence-electron chi connectivity index (χ3n) is 2.45. The van der Waals surface area contributed by atoms with E-state index in [0.29, 0.717) is 6.42 Å². The van der Waals surface area contributed by atoms with Crippen molar-refractivity contribution in [3.8, 4) is 0 Å². The summed E-state index contributed by atoms with van der Waals surface area (Å²) < 4.78 is 36.7. The van der Waals surface area contributed by atoms with Gasteiger partial charge in [0.25, 0.3) is 0 Å². The summed E-state index contributed by atoms with van der Waals surface area (Å²) in [5, 5.41) is 0. The lowest BCUT2D eigenvalue weighted by Crippen LogP contribution is -2.13. The second-order valence-electron chi connectivity index (χ2n) is 3.62. The summed E-state index contributed by atoms with van der Waals surface area (Å²) in [7, 11) is 0. The molecule has 0 aromatic rings. The van der Waals surface area contributed by atoms with Crippen LogP contribution >= 0.6 is 0 Å². The van der Waals surface area contributed by atoms with Gasteiger partial charge in [-0.3, -0.25) is 0 Å². The normalized spacial score (nSPS) is 17.7. The highest BCUT2D eigenvalue weighted by Crippen LogP contribution is 2.33. The molecule has 0 saturated heterocycles. The number of halogens is 3. The van der Waals surface area contributed by atoms with E-state index >= 15 is 0 Å². The maximum atomic E-state index is 12.2. The van der Waals surface area contributed by atoms with E-state index in [1.807, 2.05) is 0 Å². The summed E-state index contributed by atoms with van der Waals surface area (Å²) in [4.78, 5) is 0. The van der Waals surface area contributed by atoms with E-state index in [0.717, 1.165) is 24.8 Å². The Labute approximate surface area is 82.5 Å². The molecule has 0 atom stereocenters. The van der Waals surface area contributed by atoms with Gasteiger partial charge < -0.3 is 0 Å². The Bertz CT molecular complexity index is 246. The highest BCUT2D eigenvalue weighted by atomic mass is 19.4. The van der Waals surface area contributed by atoms with Crippen molar-refractivity contribution in [2.45, 2.75) is 45.2 Å². The van der Waals surface area contributed by atoms with Gasteiger partial charge in [0, 0.05) is 5.57 Å². The summed E-state index contributed by atoms with van der Waals surface area (Å²) in [5.74, 6) is 0. The van der Waals surface area contributed by atoms with E-state index in [4.69, 9.17) is 0 Å². The van der Waals surface area contributed by atoms with Crippen molar-refractivity contribution in [1.82, 2.24) is 0 Å². The molecule has 0 amide bonds. The molecule has 0 aromatic heterocycles. The molecule has 0 aliphatic heterocycles. The Hall–Kier alpha value is -0.730. The van der Waals surface area contributed by atoms with E-state index in [9.17, 15) is 13.2 Å². The molecule has 0 radical (unpaired) electrons. The van der Waals surface area contributed by atoms with Crippen LogP contribution in [-0.2, 0) is 0 Å². The van der Waals surface area contributed by atoms with Crippen molar-refractivity contribution in [3.63, 3.8) is 0 Å². The largest absolute Gasteiger partial charge is 0.412 e. The summed E-state index contributed by atoms with van der Waals surface area (Å²) in [5.41, 5.74) is 0.762. The number of alkyl halides is 3. The lowest BCUT2D eigenvalue weighted by molar-refractivity contribution is -0.0941. The standard InChI is InChI=1S/C11H15F3/c1-2-3-4-9-5-7-10(8-6-9)11(12,13)14/h5,7H,2-4,6,8H2,1H3. The highest BCUT2D eigenvalue weighted by molar-refractivity contribution is 5.26. The van der Waals surface area contributed by atoms with Crippen LogP contribution in [0.3, 0.4) is 0 Å². The van der Waals surface area contributed by atoms with Gasteiger partial charge >= 0.3 is 6.18 Å². The number of unbranched alkanes of at least 4 members (excludes halogenated alkanes) is 1. The van der Waals surface area contributed by atoms with Crippen LogP contribution in [0.4, 0.5) is 13.2 Å². The van der Waals surface area contributed by atoms with Gasteiger partial charge in [-0.2, -0.15) is 13.2 Å². The van der Waals surface area contributed by atoms with Crippen LogP contribution < -0.4 is 0 Å². The molecular formula is C11H15F3. The third kappa shape index (κ3) is 3.20. The van der Waals surface area contributed by atoms with Crippen LogP contribution in [0, 0.1) is 0 Å². The minimum absolute atomic E-state index is 0.152. The van der Waals surface area contributed by atoms with Crippen LogP contribution in [0.15, 0.2) is 23.3 Å². The second-order valence-corrected chi connectivity index (χ2v) is 3.62. The highest BCUT2D eigenvalue weighted by Gasteiger charge is 2.33. The maximum absolute atomic E-state index is 12.2. The lowest BCUT2D eigenvalue weighted by atomic mass is 9.95. The van der Waals surface area contributed by atoms with Crippen LogP contribution in [0.5, 0.6) is 0 Å². The first-order valence-electron chi connectivity index (χ1n) is 5.00. The van der Waals surface area contributed by atoms with Crippen molar-refractivity contribution in [2.24, 2.45) is 0 Å². The van der Waals surface area contributed by atoms with Crippen LogP contribution in [0.25, 0.3) is 0 Å². The molecule has 0 nitrogen and oxygen atoms in total. The molecule has 0 aromatic carbocycles. The minimum Gasteiger partial charge on any atom is -0.166 e. The fourth-order valence-corrected chi connectivity index (χ4v) is 1.53. The van der Waals surface area contributed by atoms with E-state index < -0.39 is 11.7 Å². The smallest absolute Gasteiger partial charge is 0.166 e. The van der Waals surface area contributed by atoms with E-state index in [2.05, 4.69) is 6.92 Å². The second kappa shape index (κ2) is 4.67. The lowest BCUT2D eigenvalue weighted by Gasteiger charge is -2.16. The van der Waals surface area contributed by atoms with Gasteiger partial charge in [0.2, 0.25) is 0 Å². The van der Waals surface area contributed by atoms with Gasteiger partial charge in [-0.05, 0) is 25.7 Å². The maximum Gasteiger partial charge on any atom is 0.412 e. The summed E-state index contributed by atoms with van der Waals surface area (Å²) in [6.45, 7) is 2.08. The van der Waals surface area contributed by atoms with Gasteiger partial charge in [-0.25, -0.2) is 0 Å². The fourth-order valence-electron chi connectivity index (χ4n) is 1.53. The Balaban J connectivity index is 2.55. The quantitative estimate of drug-likeness (QED) is 0.639. The average molecular weight is 204 g/mol. The molecule has 0 spiro atoms. The molecule has 0 saturated carbocycles. The zero-order chi connectivity index (χ0) is 10.6. The molecule has 1 rings (SSSR count). The average Bonchev–Trinajstić information content (AvgIpc) is 2.14. The summed E-state index contributed by atoms with van der Waals surface area (Å²) in [6, 6.07) is 0. The first-order valence-corrected chi connectivity index (χ1v) is 5.00. The molecule has 0 fully saturated rings. The van der Waals surface area contributed by atoms with Crippen molar-refractivity contribution >= 4 is 0 Å². The Kier molecular flexibility index (Phi) is 3.78. The molecule has 1 aliphatic rings. The molecule has 14 heavy (non-hydrogen) atoms. The first kappa shape index (κ1) is 11.3. The zero-order valence-electron chi connectivity index (χ0n) is 8.32. The van der Waals surface area contributed by atoms with Crippen molar-refractivity contribution < 1.29 is 13.2 Å². The fraction of sp³-hybridized carbons (Fsp3) is 0.636. The Morgan fingerprint density at radius 1 is 1.21 bits per heavy atom. The van der Waals surface area contributed by atoms with Gasteiger partial charge in [0.15, 0.2) is 0 Å². The SMILES string of the molecule is CCCCC1=CC=C(C(F)(F)F)CC1. The molecule has 1 aliphatic carbocycles. The Morgan fingerprint density at radius 2 is 1.93 bits per heavy atom. The molecule has 0 heterocycles. The third-order valence-corrected chi connectivity index (χ3v) is 2.45. The van der Waals surface area contributed by atoms with Gasteiger partial charge in [0.05, 0.1) is 0 Å². The predicted molar refractivity (Wildman–Crippen MR) is 51.0 cm³/mol. The predicted octanol–water partition coefficient (Wildman–Crippen LogP) is 4.39. The number of hydrogen-bond donors (Lipinski definition) is 0. The Morgan fingerprint density at radius 3 is 2.36 bits per heavy atom. The van der Waals surface area contributed by atoms with E-state index in [1.165, 1.54) is 6.08 Å². The molecule has 0 bridgehead atoms. The van der Waals surface area contributed by atoms with Gasteiger partial charge in [-0.1, -0.05) is 31.1 Å². The first-order chi connectivity index (χ1) is 6.54. The molecular weight excluding hydrogens is 189 g/mol. The zero-order valence-corrected chi connectivity index (χ0v) is 8.32. The summed E-state index contributed by atoms with van der Waals surface area (Å²) in [6.07, 6.45) is 2.57. The van der Waals surface area contributed by atoms with Crippen molar-refractivity contribution in [1.29, 1.82) is 0 Å². The van der Waals surface area contributed by atoms with Crippen LogP contribution in [0.2, 0.25) is 0 Å². The number of rotatable bonds is 3. The molecule has 0 unspecified atom stereocenters. The minimum atomic E-state index is -4.13. The van der Waals surface area contributed by atoms with E-state index in [-0.39, 0.29) is 6.42 Å². The number of hydrogen-bond acceptors (Lipinski definition) is 0. The molecule has 0 N–H and O–H groups in total. The monoisotopic (exact) mass is 204 g/mol. The van der Waals surface area contributed by atoms with Crippen molar-refractivity contribution in [2.75, 3.05) is 0 Å². The van der Waals surface area contributed by atoms with Crippen LogP contribution in [-0.4, -0.2) is 6.18 Å². The van der Waals surface area contributed by atoms with Gasteiger partial charge in [-0.15, -0.1) is 0 Å². The van der Waals surface area contributed by atoms with Gasteiger partial charge in [0.1, 0.15) is 0 Å². The van der Waals surface area contributed by atoms with Crippen molar-refractivity contribution in [3.05, 3.63) is 23.3 Å². The molecule has 3 heteroatoms. The number of allylic oxidation sites excluding steroid dienone is 4. The van der Waals surface area contributed by atoms with Crippen LogP contribution in [0.1, 0.15) is 39.0 Å².